The third-order valence-corrected chi connectivity index (χ3v) is 1.26. The van der Waals surface area contributed by atoms with Crippen LogP contribution in [0.25, 0.3) is 0 Å². The van der Waals surface area contributed by atoms with E-state index in [1.807, 2.05) is 13.8 Å². The minimum atomic E-state index is 0.227. The van der Waals surface area contributed by atoms with Crippen LogP contribution < -0.4 is 0 Å². The van der Waals surface area contributed by atoms with Crippen LogP contribution in [0.15, 0.2) is 0 Å². The van der Waals surface area contributed by atoms with Gasteiger partial charge in [0.2, 0.25) is 0 Å². The van der Waals surface area contributed by atoms with Gasteiger partial charge in [-0.05, 0) is 20.3 Å². The van der Waals surface area contributed by atoms with E-state index in [4.69, 9.17) is 18.9 Å². The van der Waals surface area contributed by atoms with E-state index in [9.17, 15) is 0 Å². The third-order valence-electron chi connectivity index (χ3n) is 1.26. The maximum Gasteiger partial charge on any atom is 0.147 e. The highest BCUT2D eigenvalue weighted by Gasteiger charge is 1.92. The summed E-state index contributed by atoms with van der Waals surface area (Å²) in [4.78, 5) is 0. The molecule has 4 heteroatoms. The number of ether oxygens (including phenoxy) is 4. The van der Waals surface area contributed by atoms with Gasteiger partial charge in [0, 0.05) is 7.11 Å². The van der Waals surface area contributed by atoms with Crippen LogP contribution in [0.4, 0.5) is 0 Å². The second-order valence-corrected chi connectivity index (χ2v) is 2.91. The van der Waals surface area contributed by atoms with Crippen molar-refractivity contribution < 1.29 is 18.9 Å². The number of methoxy groups -OCH3 is 1. The monoisotopic (exact) mass is 192 g/mol. The number of hydrogen-bond donors (Lipinski definition) is 0. The minimum Gasteiger partial charge on any atom is -0.359 e. The first-order valence-corrected chi connectivity index (χ1v) is 4.53. The van der Waals surface area contributed by atoms with Crippen molar-refractivity contribution in [2.75, 3.05) is 33.9 Å². The van der Waals surface area contributed by atoms with E-state index in [-0.39, 0.29) is 6.10 Å². The molecule has 0 aliphatic heterocycles. The largest absolute Gasteiger partial charge is 0.359 e. The Bertz CT molecular complexity index is 95.6. The van der Waals surface area contributed by atoms with E-state index in [1.165, 1.54) is 0 Å². The second kappa shape index (κ2) is 9.92. The Balaban J connectivity index is 2.84. The molecule has 0 saturated carbocycles. The molecule has 4 nitrogen and oxygen atoms in total. The van der Waals surface area contributed by atoms with E-state index >= 15 is 0 Å². The van der Waals surface area contributed by atoms with E-state index in [0.717, 1.165) is 6.42 Å². The molecule has 0 rings (SSSR count). The van der Waals surface area contributed by atoms with Crippen molar-refractivity contribution >= 4 is 0 Å². The molecule has 0 aromatic heterocycles. The normalized spacial score (nSPS) is 11.1. The van der Waals surface area contributed by atoms with Crippen LogP contribution in [0.5, 0.6) is 0 Å². The van der Waals surface area contributed by atoms with Gasteiger partial charge in [-0.25, -0.2) is 0 Å². The summed E-state index contributed by atoms with van der Waals surface area (Å²) < 4.78 is 20.1. The predicted octanol–water partition coefficient (Wildman–Crippen LogP) is 1.40. The average molecular weight is 192 g/mol. The Morgan fingerprint density at radius 1 is 1.00 bits per heavy atom. The summed E-state index contributed by atoms with van der Waals surface area (Å²) in [6.07, 6.45) is 1.09. The van der Waals surface area contributed by atoms with Crippen molar-refractivity contribution in [2.45, 2.75) is 26.4 Å². The molecule has 0 aromatic rings. The van der Waals surface area contributed by atoms with Crippen molar-refractivity contribution in [1.82, 2.24) is 0 Å². The standard InChI is InChI=1S/C9H20O4/c1-9(2)13-8-12-6-4-5-11-7-10-3/h9H,4-8H2,1-3H3. The van der Waals surface area contributed by atoms with Gasteiger partial charge in [-0.3, -0.25) is 0 Å². The lowest BCUT2D eigenvalue weighted by Crippen LogP contribution is -2.09. The molecule has 13 heavy (non-hydrogen) atoms. The summed E-state index contributed by atoms with van der Waals surface area (Å²) in [6.45, 7) is 5.99. The fourth-order valence-corrected chi connectivity index (χ4v) is 0.648. The van der Waals surface area contributed by atoms with Crippen LogP contribution in [-0.2, 0) is 18.9 Å². The first-order chi connectivity index (χ1) is 6.27. The van der Waals surface area contributed by atoms with Crippen molar-refractivity contribution in [2.24, 2.45) is 0 Å². The van der Waals surface area contributed by atoms with E-state index < -0.39 is 0 Å². The van der Waals surface area contributed by atoms with Crippen LogP contribution in [0, 0.1) is 0 Å². The highest BCUT2D eigenvalue weighted by Crippen LogP contribution is 1.90. The molecule has 0 radical (unpaired) electrons. The van der Waals surface area contributed by atoms with Crippen molar-refractivity contribution in [3.8, 4) is 0 Å². The molecule has 0 saturated heterocycles. The van der Waals surface area contributed by atoms with E-state index in [2.05, 4.69) is 0 Å². The van der Waals surface area contributed by atoms with Crippen molar-refractivity contribution in [3.63, 3.8) is 0 Å². The molecule has 0 bridgehead atoms. The summed E-state index contributed by atoms with van der Waals surface area (Å²) in [6, 6.07) is 0. The maximum atomic E-state index is 5.18. The molecular formula is C9H20O4. The Kier molecular flexibility index (Phi) is 9.80. The van der Waals surface area contributed by atoms with Crippen LogP contribution in [-0.4, -0.2) is 40.0 Å². The molecule has 80 valence electrons. The maximum absolute atomic E-state index is 5.18. The zero-order valence-corrected chi connectivity index (χ0v) is 8.75. The fourth-order valence-electron chi connectivity index (χ4n) is 0.648. The third kappa shape index (κ3) is 11.8. The zero-order valence-electron chi connectivity index (χ0n) is 8.75. The van der Waals surface area contributed by atoms with Crippen molar-refractivity contribution in [3.05, 3.63) is 0 Å². The average Bonchev–Trinajstić information content (AvgIpc) is 2.09. The van der Waals surface area contributed by atoms with Gasteiger partial charge in [-0.15, -0.1) is 0 Å². The first-order valence-electron chi connectivity index (χ1n) is 4.53. The Hall–Kier alpha value is -0.160. The smallest absolute Gasteiger partial charge is 0.147 e. The summed E-state index contributed by atoms with van der Waals surface area (Å²) in [5, 5.41) is 0. The van der Waals surface area contributed by atoms with Gasteiger partial charge in [0.05, 0.1) is 19.3 Å². The van der Waals surface area contributed by atoms with Crippen LogP contribution in [0.1, 0.15) is 20.3 Å². The summed E-state index contributed by atoms with van der Waals surface area (Å²) in [5.74, 6) is 0. The van der Waals surface area contributed by atoms with Gasteiger partial charge in [-0.1, -0.05) is 0 Å². The van der Waals surface area contributed by atoms with Gasteiger partial charge in [0.15, 0.2) is 0 Å². The number of hydrogen-bond acceptors (Lipinski definition) is 4. The van der Waals surface area contributed by atoms with E-state index in [0.29, 0.717) is 26.8 Å². The Labute approximate surface area is 80.1 Å². The second-order valence-electron chi connectivity index (χ2n) is 2.91. The Morgan fingerprint density at radius 3 is 2.15 bits per heavy atom. The lowest BCUT2D eigenvalue weighted by atomic mass is 10.5. The molecule has 0 aliphatic rings. The lowest BCUT2D eigenvalue weighted by Gasteiger charge is -2.08. The molecule has 0 atom stereocenters. The SMILES string of the molecule is COCOCCCOCOC(C)C. The Morgan fingerprint density at radius 2 is 1.62 bits per heavy atom. The molecular weight excluding hydrogens is 172 g/mol. The summed E-state index contributed by atoms with van der Waals surface area (Å²) in [5.41, 5.74) is 0. The molecule has 0 fully saturated rings. The van der Waals surface area contributed by atoms with Gasteiger partial charge in [0.25, 0.3) is 0 Å². The molecule has 0 aromatic carbocycles. The molecule has 0 amide bonds. The van der Waals surface area contributed by atoms with Gasteiger partial charge >= 0.3 is 0 Å². The molecule has 0 unspecified atom stereocenters. The van der Waals surface area contributed by atoms with Crippen LogP contribution >= 0.6 is 0 Å². The fraction of sp³-hybridized carbons (Fsp3) is 1.00. The molecule has 0 aliphatic carbocycles. The van der Waals surface area contributed by atoms with Gasteiger partial charge < -0.3 is 18.9 Å². The van der Waals surface area contributed by atoms with Crippen LogP contribution in [0.2, 0.25) is 0 Å². The predicted molar refractivity (Wildman–Crippen MR) is 49.5 cm³/mol. The first kappa shape index (κ1) is 12.8. The summed E-state index contributed by atoms with van der Waals surface area (Å²) in [7, 11) is 1.60. The molecule has 0 heterocycles. The van der Waals surface area contributed by atoms with Crippen molar-refractivity contribution in [1.29, 1.82) is 0 Å². The topological polar surface area (TPSA) is 36.9 Å². The minimum absolute atomic E-state index is 0.227. The molecule has 0 spiro atoms. The number of rotatable bonds is 9. The molecule has 0 N–H and O–H groups in total. The summed E-state index contributed by atoms with van der Waals surface area (Å²) >= 11 is 0. The van der Waals surface area contributed by atoms with Gasteiger partial charge in [-0.2, -0.15) is 0 Å². The van der Waals surface area contributed by atoms with Crippen LogP contribution in [0.3, 0.4) is 0 Å². The highest BCUT2D eigenvalue weighted by atomic mass is 16.7. The quantitative estimate of drug-likeness (QED) is 0.408. The van der Waals surface area contributed by atoms with E-state index in [1.54, 1.807) is 7.11 Å². The zero-order chi connectivity index (χ0) is 9.94. The highest BCUT2D eigenvalue weighted by molar-refractivity contribution is 4.33. The lowest BCUT2D eigenvalue weighted by molar-refractivity contribution is -0.0869. The van der Waals surface area contributed by atoms with Gasteiger partial charge in [0.1, 0.15) is 13.6 Å².